The van der Waals surface area contributed by atoms with Gasteiger partial charge in [0, 0.05) is 54.7 Å². The molecule has 0 unspecified atom stereocenters. The quantitative estimate of drug-likeness (QED) is 0.234. The molecule has 1 saturated heterocycles. The highest BCUT2D eigenvalue weighted by atomic mass is 35.5. The summed E-state index contributed by atoms with van der Waals surface area (Å²) in [6.45, 7) is 3.10. The Bertz CT molecular complexity index is 1490. The number of likely N-dealkylation sites (tertiary alicyclic amines) is 1. The second-order valence-electron chi connectivity index (χ2n) is 8.83. The maximum Gasteiger partial charge on any atom is 0.337 e. The molecule has 12 heteroatoms. The van der Waals surface area contributed by atoms with Crippen LogP contribution in [0.1, 0.15) is 41.7 Å². The molecule has 200 valence electrons. The van der Waals surface area contributed by atoms with Crippen molar-refractivity contribution in [2.75, 3.05) is 18.4 Å². The van der Waals surface area contributed by atoms with Crippen LogP contribution in [0, 0.1) is 0 Å². The summed E-state index contributed by atoms with van der Waals surface area (Å²) < 4.78 is 6.17. The molecule has 1 aliphatic rings. The molecule has 0 radical (unpaired) electrons. The minimum Gasteiger partial charge on any atom is -0.478 e. The zero-order valence-corrected chi connectivity index (χ0v) is 23.2. The van der Waals surface area contributed by atoms with E-state index in [-0.39, 0.29) is 16.5 Å². The number of hydrogen-bond donors (Lipinski definition) is 2. The number of pyridine rings is 2. The number of thiazole rings is 1. The Morgan fingerprint density at radius 1 is 1.15 bits per heavy atom. The van der Waals surface area contributed by atoms with Gasteiger partial charge in [-0.25, -0.2) is 19.7 Å². The molecule has 1 aliphatic heterocycles. The highest BCUT2D eigenvalue weighted by molar-refractivity contribution is 7.99. The number of carbonyl (C=O) groups is 2. The van der Waals surface area contributed by atoms with E-state index in [0.717, 1.165) is 31.6 Å². The van der Waals surface area contributed by atoms with Gasteiger partial charge in [0.05, 0.1) is 16.3 Å². The lowest BCUT2D eigenvalue weighted by atomic mass is 9.94. The molecular weight excluding hydrogens is 558 g/mol. The number of piperidine rings is 1. The number of anilines is 2. The molecule has 4 aromatic rings. The van der Waals surface area contributed by atoms with Crippen molar-refractivity contribution in [2.45, 2.75) is 35.6 Å². The molecule has 39 heavy (non-hydrogen) atoms. The topological polar surface area (TPSA) is 118 Å². The molecule has 0 atom stereocenters. The Kier molecular flexibility index (Phi) is 8.30. The summed E-state index contributed by atoms with van der Waals surface area (Å²) in [5, 5.41) is 15.9. The van der Waals surface area contributed by atoms with Gasteiger partial charge in [-0.05, 0) is 31.0 Å². The zero-order chi connectivity index (χ0) is 27.4. The predicted molar refractivity (Wildman–Crippen MR) is 151 cm³/mol. The maximum atomic E-state index is 11.6. The van der Waals surface area contributed by atoms with E-state index < -0.39 is 5.97 Å². The lowest BCUT2D eigenvalue weighted by Crippen LogP contribution is -2.36. The average molecular weight is 582 g/mol. The van der Waals surface area contributed by atoms with Gasteiger partial charge in [0.25, 0.3) is 0 Å². The van der Waals surface area contributed by atoms with Gasteiger partial charge in [-0.1, -0.05) is 41.6 Å². The first-order chi connectivity index (χ1) is 18.9. The van der Waals surface area contributed by atoms with Crippen molar-refractivity contribution < 1.29 is 19.4 Å². The van der Waals surface area contributed by atoms with E-state index in [1.165, 1.54) is 35.4 Å². The van der Waals surface area contributed by atoms with E-state index in [0.29, 0.717) is 38.3 Å². The van der Waals surface area contributed by atoms with Crippen LogP contribution >= 0.6 is 34.7 Å². The molecule has 1 fully saturated rings. The number of hydrogen-bond acceptors (Lipinski definition) is 9. The SMILES string of the molecule is CC(=O)N1CCC(c2csc(Nc3ncc(Sc4ncc(C(=O)O)cc4Cl)cc3Oc3ccccc3)n2)CC1. The van der Waals surface area contributed by atoms with E-state index in [1.807, 2.05) is 46.7 Å². The Morgan fingerprint density at radius 2 is 1.92 bits per heavy atom. The Morgan fingerprint density at radius 3 is 2.62 bits per heavy atom. The van der Waals surface area contributed by atoms with E-state index in [2.05, 4.69) is 15.3 Å². The van der Waals surface area contributed by atoms with Gasteiger partial charge in [-0.3, -0.25) is 4.79 Å². The molecule has 1 aromatic carbocycles. The molecule has 9 nitrogen and oxygen atoms in total. The van der Waals surface area contributed by atoms with Crippen molar-refractivity contribution in [2.24, 2.45) is 0 Å². The number of benzene rings is 1. The first-order valence-corrected chi connectivity index (χ1v) is 14.2. The highest BCUT2D eigenvalue weighted by Crippen LogP contribution is 2.38. The molecule has 1 amide bonds. The highest BCUT2D eigenvalue weighted by Gasteiger charge is 2.24. The molecule has 4 heterocycles. The summed E-state index contributed by atoms with van der Waals surface area (Å²) in [6.07, 6.45) is 4.71. The molecule has 0 saturated carbocycles. The minimum absolute atomic E-state index is 0.0161. The van der Waals surface area contributed by atoms with Gasteiger partial charge in [-0.2, -0.15) is 0 Å². The summed E-state index contributed by atoms with van der Waals surface area (Å²) >= 11 is 9.03. The smallest absolute Gasteiger partial charge is 0.337 e. The molecule has 0 bridgehead atoms. The van der Waals surface area contributed by atoms with E-state index in [4.69, 9.17) is 26.4 Å². The van der Waals surface area contributed by atoms with Gasteiger partial charge in [-0.15, -0.1) is 11.3 Å². The van der Waals surface area contributed by atoms with E-state index in [9.17, 15) is 9.59 Å². The van der Waals surface area contributed by atoms with Crippen molar-refractivity contribution in [1.82, 2.24) is 19.9 Å². The Balaban J connectivity index is 1.36. The molecule has 5 rings (SSSR count). The van der Waals surface area contributed by atoms with Gasteiger partial charge in [0.15, 0.2) is 16.7 Å². The standard InChI is InChI=1S/C27H24ClN5O4S2/c1-16(34)33-9-7-17(8-10-33)22-15-38-27(31-22)32-24-23(37-19-5-3-2-4-6-19)12-20(14-29-24)39-25-21(28)11-18(13-30-25)26(35)36/h2-6,11-15,17H,7-10H2,1H3,(H,35,36)(H,29,31,32). The van der Waals surface area contributed by atoms with Crippen molar-refractivity contribution >= 4 is 57.5 Å². The number of aromatic nitrogens is 3. The van der Waals surface area contributed by atoms with Gasteiger partial charge >= 0.3 is 5.97 Å². The van der Waals surface area contributed by atoms with Crippen LogP contribution in [0.2, 0.25) is 5.02 Å². The largest absolute Gasteiger partial charge is 0.478 e. The molecular formula is C27H24ClN5O4S2. The number of carboxylic acids is 1. The van der Waals surface area contributed by atoms with Crippen LogP contribution in [0.3, 0.4) is 0 Å². The number of halogens is 1. The summed E-state index contributed by atoms with van der Waals surface area (Å²) in [5.41, 5.74) is 1.02. The van der Waals surface area contributed by atoms with Crippen molar-refractivity contribution in [3.8, 4) is 11.5 Å². The fraction of sp³-hybridized carbons (Fsp3) is 0.222. The average Bonchev–Trinajstić information content (AvgIpc) is 3.40. The second kappa shape index (κ2) is 12.0. The number of carbonyl (C=O) groups excluding carboxylic acids is 1. The summed E-state index contributed by atoms with van der Waals surface area (Å²) in [5.74, 6) is 0.950. The van der Waals surface area contributed by atoms with E-state index >= 15 is 0 Å². The number of rotatable bonds is 8. The first-order valence-electron chi connectivity index (χ1n) is 12.1. The number of nitrogens with one attached hydrogen (secondary N) is 1. The third kappa shape index (κ3) is 6.67. The molecule has 0 aliphatic carbocycles. The fourth-order valence-corrected chi connectivity index (χ4v) is 5.95. The third-order valence-electron chi connectivity index (χ3n) is 6.17. The second-order valence-corrected chi connectivity index (χ2v) is 11.2. The van der Waals surface area contributed by atoms with Crippen LogP contribution in [0.25, 0.3) is 0 Å². The number of nitrogens with zero attached hydrogens (tertiary/aromatic N) is 4. The number of ether oxygens (including phenoxy) is 1. The van der Waals surface area contributed by atoms with Crippen molar-refractivity contribution in [3.05, 3.63) is 76.5 Å². The van der Waals surface area contributed by atoms with Gasteiger partial charge in [0.2, 0.25) is 5.91 Å². The van der Waals surface area contributed by atoms with Crippen LogP contribution in [-0.2, 0) is 4.79 Å². The Hall–Kier alpha value is -3.67. The molecule has 0 spiro atoms. The zero-order valence-electron chi connectivity index (χ0n) is 20.8. The van der Waals surface area contributed by atoms with Gasteiger partial charge < -0.3 is 20.1 Å². The van der Waals surface area contributed by atoms with Crippen molar-refractivity contribution in [3.63, 3.8) is 0 Å². The number of para-hydroxylation sites is 1. The van der Waals surface area contributed by atoms with Crippen molar-refractivity contribution in [1.29, 1.82) is 0 Å². The lowest BCUT2D eigenvalue weighted by molar-refractivity contribution is -0.129. The van der Waals surface area contributed by atoms with E-state index in [1.54, 1.807) is 13.1 Å². The fourth-order valence-electron chi connectivity index (χ4n) is 4.12. The minimum atomic E-state index is -1.09. The Labute approximate surface area is 238 Å². The van der Waals surface area contributed by atoms with Crippen LogP contribution < -0.4 is 10.1 Å². The monoisotopic (exact) mass is 581 g/mol. The first kappa shape index (κ1) is 26.9. The molecule has 3 aromatic heterocycles. The number of amides is 1. The third-order valence-corrected chi connectivity index (χ3v) is 8.33. The summed E-state index contributed by atoms with van der Waals surface area (Å²) in [6, 6.07) is 12.6. The maximum absolute atomic E-state index is 11.6. The van der Waals surface area contributed by atoms with Gasteiger partial charge in [0.1, 0.15) is 10.8 Å². The normalized spacial score (nSPS) is 13.7. The predicted octanol–water partition coefficient (Wildman–Crippen LogP) is 6.70. The van der Waals surface area contributed by atoms with Crippen LogP contribution in [-0.4, -0.2) is 49.9 Å². The van der Waals surface area contributed by atoms with Crippen LogP contribution in [0.5, 0.6) is 11.5 Å². The number of carboxylic acid groups (broad SMARTS) is 1. The van der Waals surface area contributed by atoms with Crippen LogP contribution in [0.15, 0.2) is 70.2 Å². The summed E-state index contributed by atoms with van der Waals surface area (Å²) in [4.78, 5) is 39.0. The lowest BCUT2D eigenvalue weighted by Gasteiger charge is -2.30. The summed E-state index contributed by atoms with van der Waals surface area (Å²) in [7, 11) is 0. The number of aromatic carboxylic acids is 1. The molecule has 2 N–H and O–H groups in total. The van der Waals surface area contributed by atoms with Crippen LogP contribution in [0.4, 0.5) is 10.9 Å².